The number of hydrogen-bond donors (Lipinski definition) is 2. The number of methoxy groups -OCH3 is 3. The minimum Gasteiger partial charge on any atom is -0.502 e. The monoisotopic (exact) mass is 533 g/mol. The highest BCUT2D eigenvalue weighted by Crippen LogP contribution is 2.56. The average Bonchev–Trinajstić information content (AvgIpc) is 3.58. The van der Waals surface area contributed by atoms with Crippen molar-refractivity contribution in [2.24, 2.45) is 11.8 Å². The van der Waals surface area contributed by atoms with Gasteiger partial charge < -0.3 is 38.8 Å². The summed E-state index contributed by atoms with van der Waals surface area (Å²) < 4.78 is 32.8. The molecule has 0 radical (unpaired) electrons. The number of benzene rings is 3. The number of ether oxygens (including phenoxy) is 6. The zero-order valence-electron chi connectivity index (χ0n) is 21.6. The molecule has 1 saturated heterocycles. The van der Waals surface area contributed by atoms with Gasteiger partial charge in [0.25, 0.3) is 0 Å². The fourth-order valence-corrected chi connectivity index (χ4v) is 5.87. The number of phenolic OH excluding ortho intramolecular Hbond substituents is 1. The van der Waals surface area contributed by atoms with E-state index in [9.17, 15) is 14.7 Å². The number of phenols is 1. The van der Waals surface area contributed by atoms with Crippen LogP contribution < -0.4 is 24.3 Å². The molecular formula is C29H27NO9. The third-order valence-electron chi connectivity index (χ3n) is 7.65. The zero-order valence-corrected chi connectivity index (χ0v) is 21.6. The first-order valence-electron chi connectivity index (χ1n) is 12.4. The number of carbonyl (C=O) groups is 2. The number of fused-ring (bicyclic) bond motifs is 3. The van der Waals surface area contributed by atoms with E-state index in [2.05, 4.69) is 5.32 Å². The van der Waals surface area contributed by atoms with E-state index >= 15 is 0 Å². The lowest BCUT2D eigenvalue weighted by Crippen LogP contribution is -2.37. The number of cyclic esters (lactones) is 1. The van der Waals surface area contributed by atoms with Gasteiger partial charge in [0.15, 0.2) is 23.0 Å². The van der Waals surface area contributed by atoms with Crippen molar-refractivity contribution in [2.45, 2.75) is 12.0 Å². The first kappa shape index (κ1) is 24.7. The summed E-state index contributed by atoms with van der Waals surface area (Å²) >= 11 is 0. The van der Waals surface area contributed by atoms with E-state index < -0.39 is 17.8 Å². The van der Waals surface area contributed by atoms with E-state index in [1.807, 2.05) is 18.2 Å². The van der Waals surface area contributed by atoms with Crippen LogP contribution in [-0.4, -0.2) is 51.8 Å². The molecule has 39 heavy (non-hydrogen) atoms. The van der Waals surface area contributed by atoms with Gasteiger partial charge in [-0.15, -0.1) is 0 Å². The molecule has 0 saturated carbocycles. The lowest BCUT2D eigenvalue weighted by atomic mass is 9.65. The van der Waals surface area contributed by atoms with Crippen LogP contribution in [0, 0.1) is 11.8 Å². The Labute approximate surface area is 224 Å². The van der Waals surface area contributed by atoms with Crippen molar-refractivity contribution >= 4 is 17.6 Å². The molecule has 2 unspecified atom stereocenters. The topological polar surface area (TPSA) is 122 Å². The lowest BCUT2D eigenvalue weighted by Gasteiger charge is -2.40. The second-order valence-electron chi connectivity index (χ2n) is 9.60. The fraction of sp³-hybridized carbons (Fsp3) is 0.310. The second-order valence-corrected chi connectivity index (χ2v) is 9.60. The van der Waals surface area contributed by atoms with Crippen LogP contribution in [0.2, 0.25) is 0 Å². The van der Waals surface area contributed by atoms with Gasteiger partial charge in [-0.1, -0.05) is 6.07 Å². The Hall–Kier alpha value is -4.60. The van der Waals surface area contributed by atoms with Gasteiger partial charge in [0.2, 0.25) is 12.5 Å². The average molecular weight is 534 g/mol. The van der Waals surface area contributed by atoms with Crippen molar-refractivity contribution < 1.29 is 43.1 Å². The summed E-state index contributed by atoms with van der Waals surface area (Å²) in [5.74, 6) is -0.517. The van der Waals surface area contributed by atoms with Crippen molar-refractivity contribution in [2.75, 3.05) is 40.0 Å². The molecule has 2 N–H and O–H groups in total. The van der Waals surface area contributed by atoms with Crippen LogP contribution in [0.3, 0.4) is 0 Å². The van der Waals surface area contributed by atoms with Gasteiger partial charge in [-0.25, -0.2) is 4.79 Å². The van der Waals surface area contributed by atoms with Crippen molar-refractivity contribution in [3.63, 3.8) is 0 Å². The van der Waals surface area contributed by atoms with E-state index in [1.54, 1.807) is 30.3 Å². The maximum Gasteiger partial charge on any atom is 0.337 e. The van der Waals surface area contributed by atoms with E-state index in [0.29, 0.717) is 22.7 Å². The lowest BCUT2D eigenvalue weighted by molar-refractivity contribution is -0.141. The zero-order chi connectivity index (χ0) is 27.3. The number of aromatic hydroxyl groups is 1. The molecule has 3 aliphatic rings. The Morgan fingerprint density at radius 1 is 0.949 bits per heavy atom. The predicted octanol–water partition coefficient (Wildman–Crippen LogP) is 4.01. The highest BCUT2D eigenvalue weighted by atomic mass is 16.7. The normalized spacial score (nSPS) is 22.4. The van der Waals surface area contributed by atoms with Crippen molar-refractivity contribution in [3.8, 4) is 28.7 Å². The molecule has 1 aliphatic carbocycles. The Balaban J connectivity index is 1.52. The van der Waals surface area contributed by atoms with E-state index in [-0.39, 0.29) is 48.6 Å². The molecule has 0 spiro atoms. The van der Waals surface area contributed by atoms with Crippen molar-refractivity contribution in [1.82, 2.24) is 0 Å². The molecule has 3 aromatic rings. The summed E-state index contributed by atoms with van der Waals surface area (Å²) in [6.45, 7) is 0.298. The molecule has 4 atom stereocenters. The van der Waals surface area contributed by atoms with Gasteiger partial charge in [-0.05, 0) is 59.2 Å². The number of esters is 2. The Morgan fingerprint density at radius 2 is 1.64 bits per heavy atom. The predicted molar refractivity (Wildman–Crippen MR) is 138 cm³/mol. The molecule has 6 rings (SSSR count). The summed E-state index contributed by atoms with van der Waals surface area (Å²) in [5.41, 5.74) is 3.56. The number of carbonyl (C=O) groups excluding carboxylic acids is 2. The van der Waals surface area contributed by atoms with Gasteiger partial charge in [0.05, 0.1) is 45.5 Å². The van der Waals surface area contributed by atoms with E-state index in [4.69, 9.17) is 28.4 Å². The van der Waals surface area contributed by atoms with Crippen LogP contribution in [0.5, 0.6) is 28.7 Å². The molecule has 10 heteroatoms. The maximum atomic E-state index is 13.3. The molecular weight excluding hydrogens is 506 g/mol. The van der Waals surface area contributed by atoms with Gasteiger partial charge in [-0.3, -0.25) is 4.79 Å². The van der Waals surface area contributed by atoms with Crippen LogP contribution in [0.4, 0.5) is 5.69 Å². The van der Waals surface area contributed by atoms with Gasteiger partial charge in [0.1, 0.15) is 0 Å². The summed E-state index contributed by atoms with van der Waals surface area (Å²) in [4.78, 5) is 25.5. The highest BCUT2D eigenvalue weighted by molar-refractivity contribution is 5.90. The minimum absolute atomic E-state index is 0.0952. The van der Waals surface area contributed by atoms with Gasteiger partial charge in [-0.2, -0.15) is 0 Å². The molecule has 202 valence electrons. The molecule has 1 fully saturated rings. The summed E-state index contributed by atoms with van der Waals surface area (Å²) in [6.07, 6.45) is 0. The molecule has 2 aliphatic heterocycles. The SMILES string of the molecule is COC(=O)c1cccc(N[C@@H]2c3cc4c(cc3C(c3cc(OC)c(O)c(OC)c3)[C@H]3C(=O)OCC32)OCO4)c1. The second kappa shape index (κ2) is 9.61. The van der Waals surface area contributed by atoms with Crippen LogP contribution >= 0.6 is 0 Å². The molecule has 0 amide bonds. The van der Waals surface area contributed by atoms with Crippen LogP contribution in [0.25, 0.3) is 0 Å². The Morgan fingerprint density at radius 3 is 2.31 bits per heavy atom. The summed E-state index contributed by atoms with van der Waals surface area (Å²) in [5, 5.41) is 14.1. The van der Waals surface area contributed by atoms with Crippen LogP contribution in [-0.2, 0) is 14.3 Å². The molecule has 2 heterocycles. The largest absolute Gasteiger partial charge is 0.502 e. The fourth-order valence-electron chi connectivity index (χ4n) is 5.87. The molecule has 0 bridgehead atoms. The number of rotatable bonds is 6. The Bertz CT molecular complexity index is 1440. The van der Waals surface area contributed by atoms with Crippen molar-refractivity contribution in [3.05, 3.63) is 70.8 Å². The third kappa shape index (κ3) is 4.03. The summed E-state index contributed by atoms with van der Waals surface area (Å²) in [6, 6.07) is 13.9. The van der Waals surface area contributed by atoms with Crippen molar-refractivity contribution in [1.29, 1.82) is 0 Å². The number of hydrogen-bond acceptors (Lipinski definition) is 10. The standard InChI is InChI=1S/C29H27NO9/c1-34-22-8-15(9-23(35-2)27(22)31)24-17-10-20-21(39-13-38-20)11-18(17)26(19-12-37-29(33)25(19)24)30-16-6-4-5-14(7-16)28(32)36-3/h4-11,19,24-26,30-31H,12-13H2,1-3H3/t19?,24?,25-,26+/m0/s1. The quantitative estimate of drug-likeness (QED) is 0.450. The van der Waals surface area contributed by atoms with Gasteiger partial charge >= 0.3 is 11.9 Å². The van der Waals surface area contributed by atoms with E-state index in [0.717, 1.165) is 16.7 Å². The van der Waals surface area contributed by atoms with E-state index in [1.165, 1.54) is 21.3 Å². The first-order valence-corrected chi connectivity index (χ1v) is 12.4. The molecule has 0 aromatic heterocycles. The van der Waals surface area contributed by atoms with Gasteiger partial charge in [0, 0.05) is 17.5 Å². The molecule has 3 aromatic carbocycles. The minimum atomic E-state index is -0.557. The Kier molecular flexibility index (Phi) is 6.09. The first-order chi connectivity index (χ1) is 18.9. The smallest absolute Gasteiger partial charge is 0.337 e. The third-order valence-corrected chi connectivity index (χ3v) is 7.65. The summed E-state index contributed by atoms with van der Waals surface area (Å²) in [7, 11) is 4.25. The highest BCUT2D eigenvalue weighted by Gasteiger charge is 2.52. The van der Waals surface area contributed by atoms with Crippen LogP contribution in [0.1, 0.15) is 39.0 Å². The molecule has 10 nitrogen and oxygen atoms in total. The van der Waals surface area contributed by atoms with Crippen LogP contribution in [0.15, 0.2) is 48.5 Å². The maximum absolute atomic E-state index is 13.3. The number of anilines is 1. The number of nitrogens with one attached hydrogen (secondary N) is 1.